The van der Waals surface area contributed by atoms with Gasteiger partial charge in [0, 0.05) is 26.9 Å². The maximum Gasteiger partial charge on any atom is 0.150 e. The largest absolute Gasteiger partial charge is 0.455 e. The standard InChI is InChI=1S/C19H11ClO2/c20-13-8-9-14(12(10-13)11-21)16-5-3-6-17-15-4-1-2-7-18(15)22-19(16)17/h1-11H. The third-order valence-electron chi connectivity index (χ3n) is 3.84. The highest BCUT2D eigenvalue weighted by Gasteiger charge is 2.14. The highest BCUT2D eigenvalue weighted by atomic mass is 35.5. The topological polar surface area (TPSA) is 30.2 Å². The number of halogens is 1. The molecule has 0 unspecified atom stereocenters. The second kappa shape index (κ2) is 5.00. The lowest BCUT2D eigenvalue weighted by Gasteiger charge is -2.06. The van der Waals surface area contributed by atoms with E-state index in [1.807, 2.05) is 48.5 Å². The molecule has 0 saturated heterocycles. The van der Waals surface area contributed by atoms with Crippen molar-refractivity contribution in [3.05, 3.63) is 71.2 Å². The number of para-hydroxylation sites is 2. The molecule has 0 N–H and O–H groups in total. The summed E-state index contributed by atoms with van der Waals surface area (Å²) in [6, 6.07) is 19.2. The summed E-state index contributed by atoms with van der Waals surface area (Å²) in [6.07, 6.45) is 0.822. The molecule has 3 aromatic carbocycles. The van der Waals surface area contributed by atoms with Crippen molar-refractivity contribution in [3.63, 3.8) is 0 Å². The van der Waals surface area contributed by atoms with E-state index < -0.39 is 0 Å². The van der Waals surface area contributed by atoms with Gasteiger partial charge in [0.2, 0.25) is 0 Å². The van der Waals surface area contributed by atoms with E-state index in [0.717, 1.165) is 39.4 Å². The number of fused-ring (bicyclic) bond motifs is 3. The Morgan fingerprint density at radius 3 is 2.55 bits per heavy atom. The molecule has 4 aromatic rings. The molecule has 0 saturated carbocycles. The smallest absolute Gasteiger partial charge is 0.150 e. The summed E-state index contributed by atoms with van der Waals surface area (Å²) in [5.74, 6) is 0. The summed E-state index contributed by atoms with van der Waals surface area (Å²) >= 11 is 5.98. The maximum absolute atomic E-state index is 11.4. The predicted octanol–water partition coefficient (Wildman–Crippen LogP) is 5.72. The first-order valence-electron chi connectivity index (χ1n) is 6.93. The molecule has 0 aliphatic carbocycles. The van der Waals surface area contributed by atoms with Crippen LogP contribution in [0, 0.1) is 0 Å². The maximum atomic E-state index is 11.4. The number of hydrogen-bond donors (Lipinski definition) is 0. The summed E-state index contributed by atoms with van der Waals surface area (Å²) in [5, 5.41) is 2.66. The lowest BCUT2D eigenvalue weighted by molar-refractivity contribution is 0.112. The fourth-order valence-electron chi connectivity index (χ4n) is 2.84. The van der Waals surface area contributed by atoms with Gasteiger partial charge >= 0.3 is 0 Å². The highest BCUT2D eigenvalue weighted by molar-refractivity contribution is 6.31. The minimum Gasteiger partial charge on any atom is -0.455 e. The van der Waals surface area contributed by atoms with Gasteiger partial charge in [-0.25, -0.2) is 0 Å². The Bertz CT molecular complexity index is 1010. The Kier molecular flexibility index (Phi) is 2.98. The van der Waals surface area contributed by atoms with E-state index >= 15 is 0 Å². The number of carbonyl (C=O) groups excluding carboxylic acids is 1. The van der Waals surface area contributed by atoms with Crippen molar-refractivity contribution in [2.75, 3.05) is 0 Å². The van der Waals surface area contributed by atoms with Crippen LogP contribution < -0.4 is 0 Å². The van der Waals surface area contributed by atoms with E-state index in [4.69, 9.17) is 16.0 Å². The van der Waals surface area contributed by atoms with Gasteiger partial charge in [0.05, 0.1) is 0 Å². The van der Waals surface area contributed by atoms with Crippen LogP contribution in [0.2, 0.25) is 5.02 Å². The first kappa shape index (κ1) is 13.1. The monoisotopic (exact) mass is 306 g/mol. The van der Waals surface area contributed by atoms with E-state index in [1.165, 1.54) is 0 Å². The van der Waals surface area contributed by atoms with Crippen LogP contribution in [0.5, 0.6) is 0 Å². The van der Waals surface area contributed by atoms with Gasteiger partial charge in [0.15, 0.2) is 6.29 Å². The van der Waals surface area contributed by atoms with Crippen molar-refractivity contribution < 1.29 is 9.21 Å². The summed E-state index contributed by atoms with van der Waals surface area (Å²) in [7, 11) is 0. The Balaban J connectivity index is 2.09. The molecule has 0 radical (unpaired) electrons. The summed E-state index contributed by atoms with van der Waals surface area (Å²) in [4.78, 5) is 11.4. The Labute approximate surface area is 131 Å². The molecule has 0 bridgehead atoms. The zero-order valence-electron chi connectivity index (χ0n) is 11.5. The molecule has 4 rings (SSSR count). The molecule has 1 heterocycles. The summed E-state index contributed by atoms with van der Waals surface area (Å²) in [6.45, 7) is 0. The fourth-order valence-corrected chi connectivity index (χ4v) is 3.02. The molecule has 0 aliphatic rings. The minimum atomic E-state index is 0.544. The van der Waals surface area contributed by atoms with Crippen LogP contribution in [-0.4, -0.2) is 6.29 Å². The third kappa shape index (κ3) is 1.92. The van der Waals surface area contributed by atoms with Gasteiger partial charge < -0.3 is 4.42 Å². The van der Waals surface area contributed by atoms with Crippen molar-refractivity contribution in [1.82, 2.24) is 0 Å². The van der Waals surface area contributed by atoms with Crippen LogP contribution in [0.1, 0.15) is 10.4 Å². The Hall–Kier alpha value is -2.58. The second-order valence-corrected chi connectivity index (χ2v) is 5.57. The van der Waals surface area contributed by atoms with Crippen molar-refractivity contribution in [1.29, 1.82) is 0 Å². The van der Waals surface area contributed by atoms with Gasteiger partial charge in [0.1, 0.15) is 11.2 Å². The molecule has 0 atom stereocenters. The van der Waals surface area contributed by atoms with Crippen LogP contribution in [0.3, 0.4) is 0 Å². The fraction of sp³-hybridized carbons (Fsp3) is 0. The van der Waals surface area contributed by atoms with Crippen molar-refractivity contribution in [3.8, 4) is 11.1 Å². The van der Waals surface area contributed by atoms with E-state index in [2.05, 4.69) is 0 Å². The van der Waals surface area contributed by atoms with E-state index in [-0.39, 0.29) is 0 Å². The normalized spacial score (nSPS) is 11.1. The average molecular weight is 307 g/mol. The lowest BCUT2D eigenvalue weighted by Crippen LogP contribution is -1.88. The van der Waals surface area contributed by atoms with Gasteiger partial charge in [-0.15, -0.1) is 0 Å². The molecule has 0 amide bonds. The van der Waals surface area contributed by atoms with Crippen LogP contribution in [0.15, 0.2) is 65.1 Å². The van der Waals surface area contributed by atoms with Gasteiger partial charge in [-0.2, -0.15) is 0 Å². The quantitative estimate of drug-likeness (QED) is 0.443. The zero-order valence-corrected chi connectivity index (χ0v) is 12.3. The SMILES string of the molecule is O=Cc1cc(Cl)ccc1-c1cccc2c1oc1ccccc12. The van der Waals surface area contributed by atoms with Crippen LogP contribution in [-0.2, 0) is 0 Å². The lowest BCUT2D eigenvalue weighted by atomic mass is 9.98. The Morgan fingerprint density at radius 2 is 1.68 bits per heavy atom. The number of rotatable bonds is 2. The molecule has 3 heteroatoms. The van der Waals surface area contributed by atoms with E-state index in [1.54, 1.807) is 12.1 Å². The van der Waals surface area contributed by atoms with Crippen LogP contribution in [0.25, 0.3) is 33.1 Å². The Morgan fingerprint density at radius 1 is 0.864 bits per heavy atom. The zero-order chi connectivity index (χ0) is 15.1. The molecule has 1 aromatic heterocycles. The van der Waals surface area contributed by atoms with Crippen molar-refractivity contribution >= 4 is 39.8 Å². The van der Waals surface area contributed by atoms with Crippen molar-refractivity contribution in [2.24, 2.45) is 0 Å². The average Bonchev–Trinajstić information content (AvgIpc) is 2.93. The summed E-state index contributed by atoms with van der Waals surface area (Å²) < 4.78 is 6.02. The molecule has 0 aliphatic heterocycles. The molecule has 2 nitrogen and oxygen atoms in total. The molecule has 0 spiro atoms. The van der Waals surface area contributed by atoms with E-state index in [0.29, 0.717) is 10.6 Å². The number of furan rings is 1. The van der Waals surface area contributed by atoms with Gasteiger partial charge in [-0.1, -0.05) is 54.1 Å². The third-order valence-corrected chi connectivity index (χ3v) is 4.07. The molecular weight excluding hydrogens is 296 g/mol. The second-order valence-electron chi connectivity index (χ2n) is 5.13. The first-order valence-corrected chi connectivity index (χ1v) is 7.31. The summed E-state index contributed by atoms with van der Waals surface area (Å²) in [5.41, 5.74) is 3.90. The number of carbonyl (C=O) groups is 1. The first-order chi connectivity index (χ1) is 10.8. The molecule has 106 valence electrons. The number of aldehydes is 1. The van der Waals surface area contributed by atoms with Crippen LogP contribution in [0.4, 0.5) is 0 Å². The minimum absolute atomic E-state index is 0.544. The van der Waals surface area contributed by atoms with Gasteiger partial charge in [-0.3, -0.25) is 4.79 Å². The van der Waals surface area contributed by atoms with Gasteiger partial charge in [-0.05, 0) is 23.8 Å². The number of benzene rings is 3. The van der Waals surface area contributed by atoms with E-state index in [9.17, 15) is 4.79 Å². The molecular formula is C19H11ClO2. The predicted molar refractivity (Wildman–Crippen MR) is 89.6 cm³/mol. The molecule has 0 fully saturated rings. The van der Waals surface area contributed by atoms with Crippen molar-refractivity contribution in [2.45, 2.75) is 0 Å². The van der Waals surface area contributed by atoms with Gasteiger partial charge in [0.25, 0.3) is 0 Å². The van der Waals surface area contributed by atoms with Crippen LogP contribution >= 0.6 is 11.6 Å². The highest BCUT2D eigenvalue weighted by Crippen LogP contribution is 2.37. The molecule has 22 heavy (non-hydrogen) atoms. The number of hydrogen-bond acceptors (Lipinski definition) is 2.